The Kier molecular flexibility index (Phi) is 6.64. The number of hydrogen-bond donors (Lipinski definition) is 3. The van der Waals surface area contributed by atoms with E-state index < -0.39 is 0 Å². The first-order valence-electron chi connectivity index (χ1n) is 12.1. The van der Waals surface area contributed by atoms with Crippen LogP contribution in [0.3, 0.4) is 0 Å². The second kappa shape index (κ2) is 10.2. The van der Waals surface area contributed by atoms with Gasteiger partial charge in [-0.2, -0.15) is 9.78 Å². The van der Waals surface area contributed by atoms with Crippen LogP contribution in [0.25, 0.3) is 11.3 Å². The molecule has 37 heavy (non-hydrogen) atoms. The summed E-state index contributed by atoms with van der Waals surface area (Å²) in [6.07, 6.45) is 1.96. The molecule has 0 unspecified atom stereocenters. The van der Waals surface area contributed by atoms with E-state index in [0.717, 1.165) is 35.4 Å². The fourth-order valence-electron chi connectivity index (χ4n) is 4.20. The van der Waals surface area contributed by atoms with E-state index in [4.69, 9.17) is 4.74 Å². The summed E-state index contributed by atoms with van der Waals surface area (Å²) < 4.78 is 6.56. The summed E-state index contributed by atoms with van der Waals surface area (Å²) in [7, 11) is 1.61. The quantitative estimate of drug-likeness (QED) is 0.295. The highest BCUT2D eigenvalue weighted by Gasteiger charge is 2.31. The first-order valence-corrected chi connectivity index (χ1v) is 12.1. The lowest BCUT2D eigenvalue weighted by Crippen LogP contribution is -2.30. The third-order valence-corrected chi connectivity index (χ3v) is 6.45. The molecule has 0 spiro atoms. The smallest absolute Gasteiger partial charge is 0.342 e. The SMILES string of the molecule is COc1ccc(CNC(=O)n2nc(-c3cc(NC(=O)c4ccccc4C)ccc3O)cc2C2CC2)cc1. The van der Waals surface area contributed by atoms with Crippen LogP contribution >= 0.6 is 0 Å². The summed E-state index contributed by atoms with van der Waals surface area (Å²) in [5.41, 5.74) is 4.60. The highest BCUT2D eigenvalue weighted by Crippen LogP contribution is 2.42. The molecule has 188 valence electrons. The summed E-state index contributed by atoms with van der Waals surface area (Å²) in [4.78, 5) is 25.9. The van der Waals surface area contributed by atoms with E-state index in [1.807, 2.05) is 55.5 Å². The zero-order valence-corrected chi connectivity index (χ0v) is 20.7. The van der Waals surface area contributed by atoms with Crippen LogP contribution in [0.15, 0.2) is 72.8 Å². The number of anilines is 1. The monoisotopic (exact) mass is 496 g/mol. The van der Waals surface area contributed by atoms with E-state index in [1.165, 1.54) is 10.7 Å². The third kappa shape index (κ3) is 5.33. The van der Waals surface area contributed by atoms with Gasteiger partial charge in [-0.05, 0) is 73.4 Å². The van der Waals surface area contributed by atoms with Gasteiger partial charge in [-0.3, -0.25) is 4.79 Å². The number of rotatable bonds is 7. The Bertz CT molecular complexity index is 1460. The van der Waals surface area contributed by atoms with Crippen molar-refractivity contribution in [2.24, 2.45) is 0 Å². The van der Waals surface area contributed by atoms with Gasteiger partial charge in [-0.25, -0.2) is 4.79 Å². The molecular weight excluding hydrogens is 468 g/mol. The van der Waals surface area contributed by atoms with Gasteiger partial charge in [0.1, 0.15) is 11.5 Å². The van der Waals surface area contributed by atoms with Gasteiger partial charge < -0.3 is 20.5 Å². The lowest BCUT2D eigenvalue weighted by molar-refractivity contribution is 0.102. The fourth-order valence-corrected chi connectivity index (χ4v) is 4.20. The molecule has 3 N–H and O–H groups in total. The first-order chi connectivity index (χ1) is 17.9. The second-order valence-electron chi connectivity index (χ2n) is 9.15. The second-order valence-corrected chi connectivity index (χ2v) is 9.15. The minimum Gasteiger partial charge on any atom is -0.507 e. The van der Waals surface area contributed by atoms with Crippen molar-refractivity contribution >= 4 is 17.6 Å². The zero-order chi connectivity index (χ0) is 25.9. The molecule has 1 aliphatic rings. The number of aromatic hydroxyl groups is 1. The molecule has 3 aromatic carbocycles. The number of phenolic OH excluding ortho intramolecular Hbond substituents is 1. The molecule has 0 radical (unpaired) electrons. The van der Waals surface area contributed by atoms with Crippen molar-refractivity contribution in [1.29, 1.82) is 0 Å². The van der Waals surface area contributed by atoms with Gasteiger partial charge >= 0.3 is 6.03 Å². The predicted molar refractivity (Wildman–Crippen MR) is 141 cm³/mol. The van der Waals surface area contributed by atoms with E-state index >= 15 is 0 Å². The van der Waals surface area contributed by atoms with Gasteiger partial charge in [0.2, 0.25) is 0 Å². The summed E-state index contributed by atoms with van der Waals surface area (Å²) in [6, 6.07) is 21.1. The Labute approximate surface area is 214 Å². The third-order valence-electron chi connectivity index (χ3n) is 6.45. The van der Waals surface area contributed by atoms with Crippen LogP contribution in [0.2, 0.25) is 0 Å². The highest BCUT2D eigenvalue weighted by atomic mass is 16.5. The highest BCUT2D eigenvalue weighted by molar-refractivity contribution is 6.05. The number of aryl methyl sites for hydroxylation is 1. The van der Waals surface area contributed by atoms with Crippen molar-refractivity contribution < 1.29 is 19.4 Å². The van der Waals surface area contributed by atoms with Crippen LogP contribution in [0.5, 0.6) is 11.5 Å². The Morgan fingerprint density at radius 3 is 2.51 bits per heavy atom. The predicted octanol–water partition coefficient (Wildman–Crippen LogP) is 5.46. The molecule has 2 amide bonds. The number of carbonyl (C=O) groups excluding carboxylic acids is 2. The van der Waals surface area contributed by atoms with Crippen molar-refractivity contribution in [3.8, 4) is 22.8 Å². The van der Waals surface area contributed by atoms with Gasteiger partial charge in [0.15, 0.2) is 0 Å². The molecule has 0 aliphatic heterocycles. The molecule has 0 bridgehead atoms. The maximum atomic E-state index is 13.1. The van der Waals surface area contributed by atoms with Crippen molar-refractivity contribution in [2.45, 2.75) is 32.2 Å². The van der Waals surface area contributed by atoms with E-state index in [2.05, 4.69) is 15.7 Å². The molecular formula is C29H28N4O4. The van der Waals surface area contributed by atoms with Gasteiger partial charge in [-0.15, -0.1) is 0 Å². The minimum atomic E-state index is -0.340. The van der Waals surface area contributed by atoms with Crippen molar-refractivity contribution in [3.63, 3.8) is 0 Å². The van der Waals surface area contributed by atoms with Crippen molar-refractivity contribution in [3.05, 3.63) is 95.2 Å². The van der Waals surface area contributed by atoms with E-state index in [9.17, 15) is 14.7 Å². The van der Waals surface area contributed by atoms with E-state index in [1.54, 1.807) is 25.3 Å². The molecule has 1 aromatic heterocycles. The van der Waals surface area contributed by atoms with Crippen LogP contribution in [-0.4, -0.2) is 33.9 Å². The van der Waals surface area contributed by atoms with E-state index in [-0.39, 0.29) is 23.6 Å². The van der Waals surface area contributed by atoms with Crippen LogP contribution in [0.4, 0.5) is 10.5 Å². The zero-order valence-electron chi connectivity index (χ0n) is 20.7. The molecule has 8 heteroatoms. The number of nitrogens with one attached hydrogen (secondary N) is 2. The molecule has 8 nitrogen and oxygen atoms in total. The average molecular weight is 497 g/mol. The van der Waals surface area contributed by atoms with Crippen LogP contribution < -0.4 is 15.4 Å². The summed E-state index contributed by atoms with van der Waals surface area (Å²) in [5, 5.41) is 21.0. The fraction of sp³-hybridized carbons (Fsp3) is 0.207. The topological polar surface area (TPSA) is 105 Å². The largest absolute Gasteiger partial charge is 0.507 e. The molecule has 5 rings (SSSR count). The van der Waals surface area contributed by atoms with Gasteiger partial charge in [-0.1, -0.05) is 30.3 Å². The number of aromatic nitrogens is 2. The van der Waals surface area contributed by atoms with E-state index in [0.29, 0.717) is 29.1 Å². The van der Waals surface area contributed by atoms with Crippen LogP contribution in [0.1, 0.15) is 45.9 Å². The molecule has 0 atom stereocenters. The minimum absolute atomic E-state index is 0.0135. The maximum absolute atomic E-state index is 13.1. The number of ether oxygens (including phenoxy) is 1. The van der Waals surface area contributed by atoms with Crippen molar-refractivity contribution in [2.75, 3.05) is 12.4 Å². The molecule has 1 heterocycles. The van der Waals surface area contributed by atoms with Crippen LogP contribution in [-0.2, 0) is 6.54 Å². The lowest BCUT2D eigenvalue weighted by atomic mass is 10.1. The Hall–Kier alpha value is -4.59. The Morgan fingerprint density at radius 1 is 1.05 bits per heavy atom. The Morgan fingerprint density at radius 2 is 1.81 bits per heavy atom. The number of phenols is 1. The number of benzene rings is 3. The van der Waals surface area contributed by atoms with Gasteiger partial charge in [0.25, 0.3) is 5.91 Å². The summed E-state index contributed by atoms with van der Waals surface area (Å²) in [6.45, 7) is 2.22. The molecule has 4 aromatic rings. The number of carbonyl (C=O) groups is 2. The average Bonchev–Trinajstić information content (AvgIpc) is 3.67. The standard InChI is InChI=1S/C29H28N4O4/c1-18-5-3-4-6-23(18)28(35)31-21-11-14-27(34)24(15-21)25-16-26(20-9-10-20)33(32-25)29(36)30-17-19-7-12-22(37-2)13-8-19/h3-8,11-16,20,34H,9-10,17H2,1-2H3,(H,30,36)(H,31,35). The maximum Gasteiger partial charge on any atom is 0.342 e. The number of methoxy groups -OCH3 is 1. The molecule has 0 saturated heterocycles. The van der Waals surface area contributed by atoms with Gasteiger partial charge in [0.05, 0.1) is 18.5 Å². The molecule has 1 saturated carbocycles. The van der Waals surface area contributed by atoms with Crippen molar-refractivity contribution in [1.82, 2.24) is 15.1 Å². The normalized spacial score (nSPS) is 12.7. The lowest BCUT2D eigenvalue weighted by Gasteiger charge is -2.10. The summed E-state index contributed by atoms with van der Waals surface area (Å²) in [5.74, 6) is 0.774. The summed E-state index contributed by atoms with van der Waals surface area (Å²) >= 11 is 0. The molecule has 1 aliphatic carbocycles. The Balaban J connectivity index is 1.37. The van der Waals surface area contributed by atoms with Crippen LogP contribution in [0, 0.1) is 6.92 Å². The first kappa shape index (κ1) is 24.1. The number of amides is 2. The molecule has 1 fully saturated rings. The van der Waals surface area contributed by atoms with Gasteiger partial charge in [0, 0.05) is 29.3 Å². The number of hydrogen-bond acceptors (Lipinski definition) is 5. The number of nitrogens with zero attached hydrogens (tertiary/aromatic N) is 2.